The van der Waals surface area contributed by atoms with Crippen molar-refractivity contribution in [1.82, 2.24) is 20.6 Å². The van der Waals surface area contributed by atoms with Gasteiger partial charge in [-0.2, -0.15) is 0 Å². The van der Waals surface area contributed by atoms with Crippen molar-refractivity contribution in [1.29, 1.82) is 0 Å². The molecule has 0 aliphatic carbocycles. The molecule has 7 N–H and O–H groups in total. The Morgan fingerprint density at radius 3 is 2.49 bits per heavy atom. The summed E-state index contributed by atoms with van der Waals surface area (Å²) in [6, 6.07) is 18.2. The number of piperidine rings is 1. The van der Waals surface area contributed by atoms with Crippen molar-refractivity contribution in [2.75, 3.05) is 59.8 Å². The van der Waals surface area contributed by atoms with E-state index < -0.39 is 23.7 Å². The summed E-state index contributed by atoms with van der Waals surface area (Å²) in [4.78, 5) is 53.8. The number of carbonyl (C=O) groups excluding carboxylic acids is 3. The molecule has 3 atom stereocenters. The quantitative estimate of drug-likeness (QED) is 0.154. The first kappa shape index (κ1) is 38.8. The van der Waals surface area contributed by atoms with Crippen LogP contribution in [0.5, 0.6) is 0 Å². The molecule has 3 amide bonds. The van der Waals surface area contributed by atoms with Crippen LogP contribution < -0.4 is 36.8 Å². The number of benzene rings is 2. The molecule has 6 rings (SSSR count). The molecule has 2 aromatic heterocycles. The summed E-state index contributed by atoms with van der Waals surface area (Å²) in [5.74, 6) is -0.512. The van der Waals surface area contributed by atoms with Crippen LogP contribution in [0, 0.1) is 5.92 Å². The minimum Gasteiger partial charge on any atom is -0.444 e. The first-order valence-corrected chi connectivity index (χ1v) is 18.4. The lowest BCUT2D eigenvalue weighted by molar-refractivity contribution is -0.275. The molecule has 2 saturated heterocycles. The molecular formula is C40H50N9O6+. The van der Waals surface area contributed by atoms with Crippen LogP contribution in [-0.2, 0) is 20.8 Å². The van der Waals surface area contributed by atoms with Gasteiger partial charge in [-0.1, -0.05) is 43.3 Å². The molecule has 15 nitrogen and oxygen atoms in total. The highest BCUT2D eigenvalue weighted by molar-refractivity contribution is 6.11. The number of rotatable bonds is 10. The number of nitrogens with one attached hydrogen (secondary N) is 4. The van der Waals surface area contributed by atoms with E-state index in [-0.39, 0.29) is 36.0 Å². The zero-order valence-corrected chi connectivity index (χ0v) is 31.7. The maximum atomic E-state index is 14.3. The zero-order chi connectivity index (χ0) is 39.0. The number of ether oxygens (including phenoxy) is 3. The Morgan fingerprint density at radius 1 is 0.964 bits per heavy atom. The Morgan fingerprint density at radius 2 is 1.75 bits per heavy atom. The van der Waals surface area contributed by atoms with Crippen LogP contribution in [0.3, 0.4) is 0 Å². The van der Waals surface area contributed by atoms with Gasteiger partial charge in [0.25, 0.3) is 5.91 Å². The van der Waals surface area contributed by atoms with Crippen molar-refractivity contribution in [3.63, 3.8) is 0 Å². The molecule has 55 heavy (non-hydrogen) atoms. The number of amides is 3. The van der Waals surface area contributed by atoms with Crippen LogP contribution in [0.4, 0.5) is 32.3 Å². The van der Waals surface area contributed by atoms with E-state index in [9.17, 15) is 14.4 Å². The van der Waals surface area contributed by atoms with E-state index in [0.29, 0.717) is 43.2 Å². The molecule has 0 spiro atoms. The van der Waals surface area contributed by atoms with E-state index in [1.807, 2.05) is 75.4 Å². The van der Waals surface area contributed by atoms with Gasteiger partial charge in [0.15, 0.2) is 5.69 Å². The lowest BCUT2D eigenvalue weighted by Crippen LogP contribution is -2.63. The minimum atomic E-state index is -0.728. The molecule has 290 valence electrons. The lowest BCUT2D eigenvalue weighted by atomic mass is 9.89. The second-order valence-corrected chi connectivity index (χ2v) is 14.6. The van der Waals surface area contributed by atoms with Crippen LogP contribution in [0.15, 0.2) is 85.5 Å². The van der Waals surface area contributed by atoms with Gasteiger partial charge in [0.2, 0.25) is 0 Å². The third kappa shape index (κ3) is 10.2. The average molecular weight is 753 g/mol. The Labute approximate surface area is 320 Å². The highest BCUT2D eigenvalue weighted by Gasteiger charge is 2.37. The zero-order valence-electron chi connectivity index (χ0n) is 31.7. The molecule has 0 bridgehead atoms. The van der Waals surface area contributed by atoms with Crippen molar-refractivity contribution < 1.29 is 34.3 Å². The number of pyridine rings is 2. The monoisotopic (exact) mass is 752 g/mol. The summed E-state index contributed by atoms with van der Waals surface area (Å²) < 4.78 is 16.6. The highest BCUT2D eigenvalue weighted by atomic mass is 16.6. The van der Waals surface area contributed by atoms with Gasteiger partial charge in [-0.3, -0.25) is 15.1 Å². The second-order valence-electron chi connectivity index (χ2n) is 14.6. The fraction of sp³-hybridized carbons (Fsp3) is 0.375. The fourth-order valence-corrected chi connectivity index (χ4v) is 6.79. The van der Waals surface area contributed by atoms with Crippen LogP contribution >= 0.6 is 0 Å². The van der Waals surface area contributed by atoms with E-state index in [1.165, 1.54) is 0 Å². The Hall–Kier alpha value is -5.93. The van der Waals surface area contributed by atoms with Crippen LogP contribution in [0.1, 0.15) is 43.7 Å². The van der Waals surface area contributed by atoms with Gasteiger partial charge in [0.1, 0.15) is 18.4 Å². The largest absolute Gasteiger partial charge is 0.444 e. The van der Waals surface area contributed by atoms with E-state index in [4.69, 9.17) is 19.2 Å². The number of anilines is 4. The van der Waals surface area contributed by atoms with Crippen molar-refractivity contribution in [3.8, 4) is 0 Å². The molecule has 4 heterocycles. The van der Waals surface area contributed by atoms with Crippen LogP contribution in [-0.4, -0.2) is 85.1 Å². The second kappa shape index (κ2) is 17.5. The third-order valence-electron chi connectivity index (χ3n) is 9.31. The number of quaternary nitrogens is 1. The van der Waals surface area contributed by atoms with Crippen molar-refractivity contribution in [2.45, 2.75) is 52.0 Å². The molecule has 2 fully saturated rings. The van der Waals surface area contributed by atoms with E-state index >= 15 is 0 Å². The summed E-state index contributed by atoms with van der Waals surface area (Å²) in [7, 11) is 0. The number of hydrogen-bond donors (Lipinski definition) is 5. The first-order valence-electron chi connectivity index (χ1n) is 18.4. The smallest absolute Gasteiger partial charge is 0.412 e. The van der Waals surface area contributed by atoms with E-state index in [0.717, 1.165) is 29.7 Å². The number of alkyl carbamates (subject to hydrolysis) is 1. The minimum absolute atomic E-state index is 0.00111. The number of fused-ring (bicyclic) bond motifs is 1. The lowest BCUT2D eigenvalue weighted by Gasteiger charge is -2.44. The summed E-state index contributed by atoms with van der Waals surface area (Å²) in [6.45, 7) is 11.3. The molecule has 15 heteroatoms. The normalized spacial score (nSPS) is 18.8. The maximum Gasteiger partial charge on any atom is 0.412 e. The van der Waals surface area contributed by atoms with Crippen molar-refractivity contribution >= 4 is 51.7 Å². The molecule has 0 saturated carbocycles. The fourth-order valence-electron chi connectivity index (χ4n) is 6.79. The summed E-state index contributed by atoms with van der Waals surface area (Å²) in [5.41, 5.74) is 6.80. The van der Waals surface area contributed by atoms with E-state index in [1.54, 1.807) is 30.9 Å². The van der Waals surface area contributed by atoms with Gasteiger partial charge in [0.05, 0.1) is 60.3 Å². The van der Waals surface area contributed by atoms with Crippen molar-refractivity contribution in [3.05, 3.63) is 96.7 Å². The van der Waals surface area contributed by atoms with Gasteiger partial charge in [-0.05, 0) is 56.5 Å². The van der Waals surface area contributed by atoms with Crippen molar-refractivity contribution in [2.24, 2.45) is 5.92 Å². The number of aromatic nitrogens is 2. The van der Waals surface area contributed by atoms with E-state index in [2.05, 4.69) is 48.7 Å². The molecule has 2 aliphatic heterocycles. The van der Waals surface area contributed by atoms with Crippen LogP contribution in [0.25, 0.3) is 10.9 Å². The molecule has 2 aliphatic rings. The summed E-state index contributed by atoms with van der Waals surface area (Å²) >= 11 is 0. The SMILES string of the molecule is CC1CN(c2ccncc2NC(=O)c2nc3cc(N4CCOCC4)ccc3cc2NC(=O)OCc2ccccc2)CC(NC(=O)OC(C)(C)C)C1NC=C[NH3+]. The maximum absolute atomic E-state index is 14.3. The summed E-state index contributed by atoms with van der Waals surface area (Å²) in [5, 5.41) is 12.9. The molecular weight excluding hydrogens is 702 g/mol. The predicted octanol–water partition coefficient (Wildman–Crippen LogP) is 4.49. The average Bonchev–Trinajstić information content (AvgIpc) is 3.16. The Bertz CT molecular complexity index is 2000. The van der Waals surface area contributed by atoms with Gasteiger partial charge < -0.3 is 45.7 Å². The molecule has 4 aromatic rings. The number of carbonyl (C=O) groups is 3. The Balaban J connectivity index is 1.28. The predicted molar refractivity (Wildman–Crippen MR) is 211 cm³/mol. The van der Waals surface area contributed by atoms with Crippen LogP contribution in [0.2, 0.25) is 0 Å². The Kier molecular flexibility index (Phi) is 12.3. The highest BCUT2D eigenvalue weighted by Crippen LogP contribution is 2.32. The van der Waals surface area contributed by atoms with Gasteiger partial charge >= 0.3 is 12.2 Å². The molecule has 0 radical (unpaired) electrons. The molecule has 3 unspecified atom stereocenters. The number of nitrogens with zero attached hydrogens (tertiary/aromatic N) is 4. The third-order valence-corrected chi connectivity index (χ3v) is 9.31. The first-order chi connectivity index (χ1) is 26.5. The molecule has 2 aromatic carbocycles. The van der Waals surface area contributed by atoms with Gasteiger partial charge in [0, 0.05) is 43.4 Å². The number of morpholine rings is 1. The summed E-state index contributed by atoms with van der Waals surface area (Å²) in [6.07, 6.45) is 5.40. The standard InChI is InChI=1S/C40H49N9O6/c1-26-23-49(24-33(35(26)43-15-13-41)47-39(52)55-40(2,3)4)34-12-14-42-22-32(34)45-37(50)36-31(46-38(51)54-25-27-8-6-5-7-9-27)20-28-10-11-29(21-30(28)44-36)48-16-18-53-19-17-48/h5-15,20-22,26,33,35,43H,16-19,23-25,41H2,1-4H3,(H,45,50)(H,46,51)(H,47,52)/p+1. The number of hydrogen-bond acceptors (Lipinski definition) is 11. The van der Waals surface area contributed by atoms with Gasteiger partial charge in [-0.15, -0.1) is 0 Å². The van der Waals surface area contributed by atoms with Gasteiger partial charge in [-0.25, -0.2) is 14.6 Å². The topological polar surface area (TPSA) is 187 Å².